The average molecular weight is 368 g/mol. The Labute approximate surface area is 155 Å². The maximum Gasteiger partial charge on any atom is 0.326 e. The molecule has 3 aromatic rings. The van der Waals surface area contributed by atoms with Crippen molar-refractivity contribution in [1.82, 2.24) is 10.3 Å². The smallest absolute Gasteiger partial charge is 0.326 e. The third kappa shape index (κ3) is 4.89. The first kappa shape index (κ1) is 18.1. The van der Waals surface area contributed by atoms with Crippen molar-refractivity contribution < 1.29 is 14.7 Å². The molecule has 134 valence electrons. The Bertz CT molecular complexity index is 859. The summed E-state index contributed by atoms with van der Waals surface area (Å²) in [6.45, 7) is 0. The summed E-state index contributed by atoms with van der Waals surface area (Å²) in [5.41, 5.74) is 1.86. The van der Waals surface area contributed by atoms with Crippen LogP contribution in [0.15, 0.2) is 54.6 Å². The number of benzene rings is 2. The molecular weight excluding hydrogens is 348 g/mol. The van der Waals surface area contributed by atoms with Gasteiger partial charge in [-0.15, -0.1) is 11.3 Å². The molecule has 0 fully saturated rings. The number of thiazole rings is 1. The van der Waals surface area contributed by atoms with Gasteiger partial charge in [-0.3, -0.25) is 4.79 Å². The fourth-order valence-corrected chi connectivity index (χ4v) is 3.75. The van der Waals surface area contributed by atoms with Crippen LogP contribution in [0.3, 0.4) is 0 Å². The summed E-state index contributed by atoms with van der Waals surface area (Å²) in [6, 6.07) is 16.3. The third-order valence-corrected chi connectivity index (χ3v) is 5.14. The SMILES string of the molecule is O=C(CCCc1nc2ccccc2s1)NC(Cc1ccccc1)C(=O)O. The van der Waals surface area contributed by atoms with E-state index in [-0.39, 0.29) is 18.7 Å². The molecule has 6 heteroatoms. The molecule has 26 heavy (non-hydrogen) atoms. The molecule has 1 unspecified atom stereocenters. The first-order chi connectivity index (χ1) is 12.6. The Kier molecular flexibility index (Phi) is 5.96. The number of carboxylic acid groups (broad SMARTS) is 1. The van der Waals surface area contributed by atoms with Gasteiger partial charge in [0, 0.05) is 12.8 Å². The predicted octanol–water partition coefficient (Wildman–Crippen LogP) is 3.43. The number of nitrogens with zero attached hydrogens (tertiary/aromatic N) is 1. The van der Waals surface area contributed by atoms with E-state index in [1.165, 1.54) is 0 Å². The minimum absolute atomic E-state index is 0.241. The molecule has 1 atom stereocenters. The summed E-state index contributed by atoms with van der Waals surface area (Å²) in [4.78, 5) is 28.1. The van der Waals surface area contributed by atoms with Crippen LogP contribution < -0.4 is 5.32 Å². The van der Waals surface area contributed by atoms with E-state index < -0.39 is 12.0 Å². The standard InChI is InChI=1S/C20H20N2O3S/c23-18(21-16(20(24)25)13-14-7-2-1-3-8-14)11-6-12-19-22-15-9-4-5-10-17(15)26-19/h1-5,7-10,16H,6,11-13H2,(H,21,23)(H,24,25). The number of aromatic nitrogens is 1. The number of para-hydroxylation sites is 1. The number of fused-ring (bicyclic) bond motifs is 1. The summed E-state index contributed by atoms with van der Waals surface area (Å²) in [7, 11) is 0. The summed E-state index contributed by atoms with van der Waals surface area (Å²) in [5, 5.41) is 13.0. The lowest BCUT2D eigenvalue weighted by Crippen LogP contribution is -2.42. The Hall–Kier alpha value is -2.73. The second-order valence-corrected chi connectivity index (χ2v) is 7.19. The lowest BCUT2D eigenvalue weighted by Gasteiger charge is -2.14. The topological polar surface area (TPSA) is 79.3 Å². The molecule has 0 aliphatic rings. The van der Waals surface area contributed by atoms with E-state index in [9.17, 15) is 14.7 Å². The van der Waals surface area contributed by atoms with Crippen LogP contribution in [0.5, 0.6) is 0 Å². The Morgan fingerprint density at radius 2 is 1.81 bits per heavy atom. The molecule has 0 bridgehead atoms. The van der Waals surface area contributed by atoms with Crippen molar-refractivity contribution in [2.45, 2.75) is 31.7 Å². The van der Waals surface area contributed by atoms with Crippen molar-refractivity contribution in [3.05, 3.63) is 65.2 Å². The zero-order chi connectivity index (χ0) is 18.4. The summed E-state index contributed by atoms with van der Waals surface area (Å²) < 4.78 is 1.14. The number of rotatable bonds is 8. The molecule has 0 spiro atoms. The maximum atomic E-state index is 12.1. The average Bonchev–Trinajstić information content (AvgIpc) is 3.04. The van der Waals surface area contributed by atoms with Gasteiger partial charge in [0.1, 0.15) is 6.04 Å². The molecule has 5 nitrogen and oxygen atoms in total. The fourth-order valence-electron chi connectivity index (χ4n) is 2.74. The van der Waals surface area contributed by atoms with Crippen molar-refractivity contribution in [3.8, 4) is 0 Å². The second-order valence-electron chi connectivity index (χ2n) is 6.08. The molecule has 2 N–H and O–H groups in total. The van der Waals surface area contributed by atoms with Gasteiger partial charge in [0.15, 0.2) is 0 Å². The van der Waals surface area contributed by atoms with Gasteiger partial charge in [-0.1, -0.05) is 42.5 Å². The number of hydrogen-bond acceptors (Lipinski definition) is 4. The van der Waals surface area contributed by atoms with E-state index in [2.05, 4.69) is 10.3 Å². The third-order valence-electron chi connectivity index (χ3n) is 4.05. The monoisotopic (exact) mass is 368 g/mol. The van der Waals surface area contributed by atoms with Gasteiger partial charge < -0.3 is 10.4 Å². The first-order valence-corrected chi connectivity index (χ1v) is 9.34. The fraction of sp³-hybridized carbons (Fsp3) is 0.250. The summed E-state index contributed by atoms with van der Waals surface area (Å²) in [5.74, 6) is -1.26. The Morgan fingerprint density at radius 1 is 1.08 bits per heavy atom. The van der Waals surface area contributed by atoms with Crippen LogP contribution >= 0.6 is 11.3 Å². The number of hydrogen-bond donors (Lipinski definition) is 2. The van der Waals surface area contributed by atoms with Crippen molar-refractivity contribution >= 4 is 33.4 Å². The van der Waals surface area contributed by atoms with Crippen LogP contribution in [0, 0.1) is 0 Å². The molecule has 3 rings (SSSR count). The van der Waals surface area contributed by atoms with Crippen molar-refractivity contribution in [2.24, 2.45) is 0 Å². The molecule has 0 radical (unpaired) electrons. The van der Waals surface area contributed by atoms with E-state index in [4.69, 9.17) is 0 Å². The number of carbonyl (C=O) groups excluding carboxylic acids is 1. The van der Waals surface area contributed by atoms with Gasteiger partial charge in [-0.25, -0.2) is 9.78 Å². The lowest BCUT2D eigenvalue weighted by molar-refractivity contribution is -0.141. The van der Waals surface area contributed by atoms with Crippen LogP contribution in [0.1, 0.15) is 23.4 Å². The number of aliphatic carboxylic acids is 1. The van der Waals surface area contributed by atoms with Crippen molar-refractivity contribution in [2.75, 3.05) is 0 Å². The van der Waals surface area contributed by atoms with Gasteiger partial charge in [0.25, 0.3) is 0 Å². The second kappa shape index (κ2) is 8.58. The zero-order valence-corrected chi connectivity index (χ0v) is 15.0. The quantitative estimate of drug-likeness (QED) is 0.638. The largest absolute Gasteiger partial charge is 0.480 e. The minimum Gasteiger partial charge on any atom is -0.480 e. The summed E-state index contributed by atoms with van der Waals surface area (Å²) >= 11 is 1.63. The van der Waals surface area contributed by atoms with Crippen LogP contribution in [0.4, 0.5) is 0 Å². The van der Waals surface area contributed by atoms with E-state index in [1.54, 1.807) is 11.3 Å². The van der Waals surface area contributed by atoms with Crippen LogP contribution in [0.2, 0.25) is 0 Å². The number of carbonyl (C=O) groups is 2. The molecule has 2 aromatic carbocycles. The molecule has 0 saturated carbocycles. The molecule has 0 aliphatic carbocycles. The van der Waals surface area contributed by atoms with E-state index >= 15 is 0 Å². The number of aryl methyl sites for hydroxylation is 1. The van der Waals surface area contributed by atoms with Gasteiger partial charge in [-0.05, 0) is 30.5 Å². The van der Waals surface area contributed by atoms with E-state index in [0.29, 0.717) is 12.8 Å². The maximum absolute atomic E-state index is 12.1. The van der Waals surface area contributed by atoms with Crippen molar-refractivity contribution in [3.63, 3.8) is 0 Å². The first-order valence-electron chi connectivity index (χ1n) is 8.52. The van der Waals surface area contributed by atoms with Gasteiger partial charge in [0.2, 0.25) is 5.91 Å². The molecular formula is C20H20N2O3S. The highest BCUT2D eigenvalue weighted by molar-refractivity contribution is 7.18. The molecule has 1 heterocycles. The summed E-state index contributed by atoms with van der Waals surface area (Å²) in [6.07, 6.45) is 1.92. The Morgan fingerprint density at radius 3 is 2.54 bits per heavy atom. The minimum atomic E-state index is -1.02. The van der Waals surface area contributed by atoms with Gasteiger partial charge >= 0.3 is 5.97 Å². The van der Waals surface area contributed by atoms with Crippen molar-refractivity contribution in [1.29, 1.82) is 0 Å². The molecule has 0 saturated heterocycles. The number of amides is 1. The van der Waals surface area contributed by atoms with Gasteiger partial charge in [-0.2, -0.15) is 0 Å². The highest BCUT2D eigenvalue weighted by atomic mass is 32.1. The highest BCUT2D eigenvalue weighted by Gasteiger charge is 2.20. The molecule has 1 amide bonds. The lowest BCUT2D eigenvalue weighted by atomic mass is 10.1. The van der Waals surface area contributed by atoms with E-state index in [0.717, 1.165) is 20.8 Å². The van der Waals surface area contributed by atoms with Crippen LogP contribution in [0.25, 0.3) is 10.2 Å². The number of nitrogens with one attached hydrogen (secondary N) is 1. The van der Waals surface area contributed by atoms with Crippen LogP contribution in [-0.4, -0.2) is 28.0 Å². The van der Waals surface area contributed by atoms with Gasteiger partial charge in [0.05, 0.1) is 15.2 Å². The Balaban J connectivity index is 1.49. The highest BCUT2D eigenvalue weighted by Crippen LogP contribution is 2.22. The molecule has 0 aliphatic heterocycles. The predicted molar refractivity (Wildman–Crippen MR) is 102 cm³/mol. The normalized spacial score (nSPS) is 12.0. The van der Waals surface area contributed by atoms with Crippen LogP contribution in [-0.2, 0) is 22.4 Å². The number of carboxylic acids is 1. The molecule has 1 aromatic heterocycles. The zero-order valence-electron chi connectivity index (χ0n) is 14.2. The van der Waals surface area contributed by atoms with E-state index in [1.807, 2.05) is 54.6 Å².